The van der Waals surface area contributed by atoms with Crippen molar-refractivity contribution in [2.75, 3.05) is 39.9 Å². The third kappa shape index (κ3) is 3.95. The first-order chi connectivity index (χ1) is 11.1. The Morgan fingerprint density at radius 2 is 2.13 bits per heavy atom. The van der Waals surface area contributed by atoms with Crippen LogP contribution < -0.4 is 5.32 Å². The predicted molar refractivity (Wildman–Crippen MR) is 94.5 cm³/mol. The van der Waals surface area contributed by atoms with Crippen LogP contribution in [0, 0.1) is 5.92 Å². The van der Waals surface area contributed by atoms with Gasteiger partial charge >= 0.3 is 0 Å². The van der Waals surface area contributed by atoms with E-state index in [1.807, 2.05) is 12.1 Å². The second kappa shape index (κ2) is 7.32. The van der Waals surface area contributed by atoms with Gasteiger partial charge in [-0.1, -0.05) is 28.1 Å². The second-order valence-electron chi connectivity index (χ2n) is 6.75. The Hall–Kier alpha value is -0.910. The summed E-state index contributed by atoms with van der Waals surface area (Å²) in [7, 11) is 1.74. The minimum absolute atomic E-state index is 0.204. The van der Waals surface area contributed by atoms with Gasteiger partial charge in [-0.15, -0.1) is 0 Å². The number of rotatable bonds is 7. The number of amides is 1. The van der Waals surface area contributed by atoms with Gasteiger partial charge in [0.15, 0.2) is 0 Å². The number of halogens is 1. The smallest absolute Gasteiger partial charge is 0.230 e. The summed E-state index contributed by atoms with van der Waals surface area (Å²) >= 11 is 3.45. The Labute approximate surface area is 146 Å². The Balaban J connectivity index is 1.49. The monoisotopic (exact) mass is 380 g/mol. The average Bonchev–Trinajstić information content (AvgIpc) is 3.25. The van der Waals surface area contributed by atoms with E-state index < -0.39 is 0 Å². The zero-order valence-corrected chi connectivity index (χ0v) is 15.3. The number of methoxy groups -OCH3 is 1. The Morgan fingerprint density at radius 3 is 2.78 bits per heavy atom. The van der Waals surface area contributed by atoms with Crippen molar-refractivity contribution in [1.82, 2.24) is 10.2 Å². The number of hydrogen-bond acceptors (Lipinski definition) is 3. The normalized spacial score (nSPS) is 23.0. The minimum atomic E-state index is -0.269. The first kappa shape index (κ1) is 16.9. The summed E-state index contributed by atoms with van der Waals surface area (Å²) < 4.78 is 6.19. The second-order valence-corrected chi connectivity index (χ2v) is 7.66. The first-order valence-electron chi connectivity index (χ1n) is 8.40. The van der Waals surface area contributed by atoms with Gasteiger partial charge in [0, 0.05) is 31.2 Å². The molecule has 3 rings (SSSR count). The largest absolute Gasteiger partial charge is 0.383 e. The molecule has 1 aliphatic carbocycles. The Kier molecular flexibility index (Phi) is 5.39. The van der Waals surface area contributed by atoms with E-state index in [1.165, 1.54) is 0 Å². The summed E-state index contributed by atoms with van der Waals surface area (Å²) in [6.45, 7) is 4.74. The van der Waals surface area contributed by atoms with Gasteiger partial charge in [0.2, 0.25) is 5.91 Å². The fourth-order valence-corrected chi connectivity index (χ4v) is 3.71. The van der Waals surface area contributed by atoms with Gasteiger partial charge in [-0.3, -0.25) is 4.79 Å². The molecule has 5 heteroatoms. The molecule has 1 atom stereocenters. The molecule has 1 saturated carbocycles. The van der Waals surface area contributed by atoms with Gasteiger partial charge in [-0.2, -0.15) is 0 Å². The maximum absolute atomic E-state index is 12.7. The zero-order chi connectivity index (χ0) is 16.3. The van der Waals surface area contributed by atoms with Crippen LogP contribution in [0.25, 0.3) is 0 Å². The van der Waals surface area contributed by atoms with E-state index in [0.717, 1.165) is 62.1 Å². The number of nitrogens with zero attached hydrogens (tertiary/aromatic N) is 1. The molecule has 2 aliphatic rings. The minimum Gasteiger partial charge on any atom is -0.383 e. The highest BCUT2D eigenvalue weighted by atomic mass is 79.9. The molecular formula is C18H25BrN2O2. The number of hydrogen-bond donors (Lipinski definition) is 1. The van der Waals surface area contributed by atoms with Gasteiger partial charge in [-0.05, 0) is 49.4 Å². The molecule has 126 valence electrons. The van der Waals surface area contributed by atoms with Crippen LogP contribution in [0.15, 0.2) is 28.7 Å². The van der Waals surface area contributed by atoms with E-state index in [1.54, 1.807) is 7.11 Å². The maximum atomic E-state index is 12.7. The van der Waals surface area contributed by atoms with Gasteiger partial charge in [0.05, 0.1) is 12.0 Å². The molecule has 4 nitrogen and oxygen atoms in total. The van der Waals surface area contributed by atoms with Crippen molar-refractivity contribution in [3.05, 3.63) is 34.3 Å². The van der Waals surface area contributed by atoms with Crippen molar-refractivity contribution in [2.24, 2.45) is 5.92 Å². The average molecular weight is 381 g/mol. The lowest BCUT2D eigenvalue weighted by atomic mass is 9.95. The molecule has 1 aromatic carbocycles. The van der Waals surface area contributed by atoms with Gasteiger partial charge in [0.25, 0.3) is 0 Å². The van der Waals surface area contributed by atoms with Crippen LogP contribution in [0.1, 0.15) is 24.8 Å². The molecule has 1 aliphatic heterocycles. The van der Waals surface area contributed by atoms with Crippen LogP contribution in [0.3, 0.4) is 0 Å². The molecule has 1 amide bonds. The number of ether oxygens (including phenoxy) is 1. The molecule has 0 unspecified atom stereocenters. The van der Waals surface area contributed by atoms with E-state index >= 15 is 0 Å². The maximum Gasteiger partial charge on any atom is 0.230 e. The molecule has 0 bridgehead atoms. The van der Waals surface area contributed by atoms with E-state index in [4.69, 9.17) is 4.74 Å². The van der Waals surface area contributed by atoms with Crippen LogP contribution in [0.5, 0.6) is 0 Å². The topological polar surface area (TPSA) is 41.6 Å². The predicted octanol–water partition coefficient (Wildman–Crippen LogP) is 2.57. The van der Waals surface area contributed by atoms with E-state index in [-0.39, 0.29) is 11.3 Å². The molecule has 0 radical (unpaired) electrons. The lowest BCUT2D eigenvalue weighted by Gasteiger charge is -2.19. The van der Waals surface area contributed by atoms with Crippen molar-refractivity contribution in [2.45, 2.75) is 24.7 Å². The van der Waals surface area contributed by atoms with Crippen LogP contribution in [-0.4, -0.2) is 50.7 Å². The van der Waals surface area contributed by atoms with E-state index in [2.05, 4.69) is 38.3 Å². The van der Waals surface area contributed by atoms with Gasteiger partial charge < -0.3 is 15.0 Å². The number of carbonyl (C=O) groups is 1. The molecule has 1 N–H and O–H groups in total. The summed E-state index contributed by atoms with van der Waals surface area (Å²) in [5.41, 5.74) is 0.876. The summed E-state index contributed by atoms with van der Waals surface area (Å²) in [5.74, 6) is 0.770. The SMILES string of the molecule is COCCN1CC[C@@H](CNC(=O)C2(c3ccc(Br)cc3)CC2)C1. The number of carbonyl (C=O) groups excluding carboxylic acids is 1. The molecular weight excluding hydrogens is 356 g/mol. The highest BCUT2D eigenvalue weighted by molar-refractivity contribution is 9.10. The zero-order valence-electron chi connectivity index (χ0n) is 13.7. The van der Waals surface area contributed by atoms with E-state index in [0.29, 0.717) is 5.92 Å². The molecule has 2 fully saturated rings. The Morgan fingerprint density at radius 1 is 1.39 bits per heavy atom. The van der Waals surface area contributed by atoms with Crippen molar-refractivity contribution in [3.8, 4) is 0 Å². The summed E-state index contributed by atoms with van der Waals surface area (Å²) in [4.78, 5) is 15.1. The van der Waals surface area contributed by atoms with Crippen LogP contribution in [0.4, 0.5) is 0 Å². The molecule has 1 aromatic rings. The lowest BCUT2D eigenvalue weighted by molar-refractivity contribution is -0.123. The molecule has 23 heavy (non-hydrogen) atoms. The summed E-state index contributed by atoms with van der Waals surface area (Å²) in [5, 5.41) is 3.21. The molecule has 0 aromatic heterocycles. The van der Waals surface area contributed by atoms with Crippen molar-refractivity contribution < 1.29 is 9.53 Å². The van der Waals surface area contributed by atoms with Gasteiger partial charge in [0.1, 0.15) is 0 Å². The lowest BCUT2D eigenvalue weighted by Crippen LogP contribution is -2.38. The number of benzene rings is 1. The fraction of sp³-hybridized carbons (Fsp3) is 0.611. The number of nitrogens with one attached hydrogen (secondary N) is 1. The third-order valence-electron chi connectivity index (χ3n) is 5.11. The molecule has 0 spiro atoms. The molecule has 1 heterocycles. The highest BCUT2D eigenvalue weighted by Gasteiger charge is 2.51. The van der Waals surface area contributed by atoms with Crippen molar-refractivity contribution in [1.29, 1.82) is 0 Å². The van der Waals surface area contributed by atoms with Crippen LogP contribution in [0.2, 0.25) is 0 Å². The van der Waals surface area contributed by atoms with Crippen molar-refractivity contribution in [3.63, 3.8) is 0 Å². The number of likely N-dealkylation sites (tertiary alicyclic amines) is 1. The third-order valence-corrected chi connectivity index (χ3v) is 5.64. The van der Waals surface area contributed by atoms with Gasteiger partial charge in [-0.25, -0.2) is 0 Å². The van der Waals surface area contributed by atoms with Crippen LogP contribution >= 0.6 is 15.9 Å². The van der Waals surface area contributed by atoms with E-state index in [9.17, 15) is 4.79 Å². The fourth-order valence-electron chi connectivity index (χ4n) is 3.45. The first-order valence-corrected chi connectivity index (χ1v) is 9.19. The standard InChI is InChI=1S/C18H25BrN2O2/c1-23-11-10-21-9-6-14(13-21)12-20-17(22)18(7-8-18)15-2-4-16(19)5-3-15/h2-5,14H,6-13H2,1H3,(H,20,22)/t14-/m0/s1. The summed E-state index contributed by atoms with van der Waals surface area (Å²) in [6, 6.07) is 8.18. The molecule has 1 saturated heterocycles. The Bertz CT molecular complexity index is 542. The summed E-state index contributed by atoms with van der Waals surface area (Å²) in [6.07, 6.45) is 3.09. The van der Waals surface area contributed by atoms with Crippen molar-refractivity contribution >= 4 is 21.8 Å². The van der Waals surface area contributed by atoms with Crippen LogP contribution in [-0.2, 0) is 14.9 Å². The quantitative estimate of drug-likeness (QED) is 0.790. The highest BCUT2D eigenvalue weighted by Crippen LogP contribution is 2.48.